The van der Waals surface area contributed by atoms with Crippen LogP contribution < -0.4 is 5.32 Å². The van der Waals surface area contributed by atoms with E-state index >= 15 is 0 Å². The van der Waals surface area contributed by atoms with Crippen molar-refractivity contribution in [2.45, 2.75) is 0 Å². The third kappa shape index (κ3) is 3.53. The molecule has 1 heterocycles. The van der Waals surface area contributed by atoms with Gasteiger partial charge in [-0.15, -0.1) is 11.3 Å². The van der Waals surface area contributed by atoms with E-state index in [4.69, 9.17) is 5.11 Å². The SMILES string of the molecule is O=C(O)C(=Cc1cccs1)NC(=O)c1ccccc1. The number of carboxylic acid groups (broad SMARTS) is 1. The zero-order valence-electron chi connectivity index (χ0n) is 9.87. The quantitative estimate of drug-likeness (QED) is 0.841. The average Bonchev–Trinajstić information content (AvgIpc) is 2.91. The van der Waals surface area contributed by atoms with E-state index in [2.05, 4.69) is 5.32 Å². The van der Waals surface area contributed by atoms with Crippen molar-refractivity contribution in [3.8, 4) is 0 Å². The van der Waals surface area contributed by atoms with E-state index in [0.29, 0.717) is 5.56 Å². The third-order valence-corrected chi connectivity index (χ3v) is 3.16. The monoisotopic (exact) mass is 273 g/mol. The number of amides is 1. The lowest BCUT2D eigenvalue weighted by Gasteiger charge is -2.05. The summed E-state index contributed by atoms with van der Waals surface area (Å²) in [6, 6.07) is 12.1. The van der Waals surface area contributed by atoms with Gasteiger partial charge in [-0.2, -0.15) is 0 Å². The number of thiophene rings is 1. The van der Waals surface area contributed by atoms with Crippen LogP contribution in [-0.4, -0.2) is 17.0 Å². The molecule has 0 saturated carbocycles. The van der Waals surface area contributed by atoms with E-state index in [1.807, 2.05) is 11.4 Å². The summed E-state index contributed by atoms with van der Waals surface area (Å²) in [7, 11) is 0. The molecule has 0 radical (unpaired) electrons. The first-order chi connectivity index (χ1) is 9.16. The van der Waals surface area contributed by atoms with E-state index in [1.54, 1.807) is 36.4 Å². The number of carboxylic acids is 1. The fourth-order valence-corrected chi connectivity index (χ4v) is 2.11. The van der Waals surface area contributed by atoms with Crippen LogP contribution in [0.4, 0.5) is 0 Å². The maximum absolute atomic E-state index is 11.9. The Morgan fingerprint density at radius 1 is 1.11 bits per heavy atom. The maximum Gasteiger partial charge on any atom is 0.352 e. The van der Waals surface area contributed by atoms with Gasteiger partial charge in [0.1, 0.15) is 5.70 Å². The van der Waals surface area contributed by atoms with Crippen LogP contribution in [0.3, 0.4) is 0 Å². The molecule has 5 heteroatoms. The number of rotatable bonds is 4. The predicted molar refractivity (Wildman–Crippen MR) is 73.8 cm³/mol. The molecule has 0 fully saturated rings. The van der Waals surface area contributed by atoms with Gasteiger partial charge in [0, 0.05) is 10.4 Å². The van der Waals surface area contributed by atoms with Crippen molar-refractivity contribution in [1.82, 2.24) is 5.32 Å². The molecule has 2 rings (SSSR count). The molecular weight excluding hydrogens is 262 g/mol. The zero-order chi connectivity index (χ0) is 13.7. The van der Waals surface area contributed by atoms with Gasteiger partial charge in [0.15, 0.2) is 0 Å². The minimum Gasteiger partial charge on any atom is -0.477 e. The topological polar surface area (TPSA) is 66.4 Å². The first kappa shape index (κ1) is 13.0. The first-order valence-corrected chi connectivity index (χ1v) is 6.39. The van der Waals surface area contributed by atoms with Crippen molar-refractivity contribution in [2.75, 3.05) is 0 Å². The summed E-state index contributed by atoms with van der Waals surface area (Å²) in [5.41, 5.74) is 0.275. The number of carbonyl (C=O) groups is 2. The molecule has 0 aliphatic carbocycles. The highest BCUT2D eigenvalue weighted by molar-refractivity contribution is 7.10. The second kappa shape index (κ2) is 5.97. The number of aliphatic carboxylic acids is 1. The summed E-state index contributed by atoms with van der Waals surface area (Å²) in [5, 5.41) is 13.3. The Hall–Kier alpha value is -2.40. The molecule has 0 unspecified atom stereocenters. The van der Waals surface area contributed by atoms with Gasteiger partial charge in [0.25, 0.3) is 5.91 Å². The Bertz CT molecular complexity index is 603. The van der Waals surface area contributed by atoms with Gasteiger partial charge < -0.3 is 10.4 Å². The molecule has 0 atom stereocenters. The highest BCUT2D eigenvalue weighted by atomic mass is 32.1. The number of hydrogen-bond donors (Lipinski definition) is 2. The van der Waals surface area contributed by atoms with Gasteiger partial charge in [-0.05, 0) is 29.7 Å². The smallest absolute Gasteiger partial charge is 0.352 e. The van der Waals surface area contributed by atoms with Crippen LogP contribution in [0.1, 0.15) is 15.2 Å². The summed E-state index contributed by atoms with van der Waals surface area (Å²) >= 11 is 1.40. The molecule has 0 aliphatic heterocycles. The lowest BCUT2D eigenvalue weighted by Crippen LogP contribution is -2.27. The van der Waals surface area contributed by atoms with E-state index in [-0.39, 0.29) is 5.70 Å². The van der Waals surface area contributed by atoms with Crippen molar-refractivity contribution in [2.24, 2.45) is 0 Å². The minimum absolute atomic E-state index is 0.142. The van der Waals surface area contributed by atoms with Crippen molar-refractivity contribution in [1.29, 1.82) is 0 Å². The summed E-state index contributed by atoms with van der Waals surface area (Å²) in [5.74, 6) is -1.61. The second-order valence-electron chi connectivity index (χ2n) is 3.70. The Balaban J connectivity index is 2.19. The molecule has 0 aliphatic rings. The van der Waals surface area contributed by atoms with Crippen LogP contribution in [0.5, 0.6) is 0 Å². The van der Waals surface area contributed by atoms with Crippen molar-refractivity contribution >= 4 is 29.3 Å². The molecule has 1 aromatic heterocycles. The van der Waals surface area contributed by atoms with E-state index in [0.717, 1.165) is 4.88 Å². The molecule has 1 aromatic carbocycles. The number of carbonyl (C=O) groups excluding carboxylic acids is 1. The molecular formula is C14H11NO3S. The van der Waals surface area contributed by atoms with E-state index in [9.17, 15) is 9.59 Å². The van der Waals surface area contributed by atoms with Gasteiger partial charge in [-0.3, -0.25) is 4.79 Å². The molecule has 0 bridgehead atoms. The predicted octanol–water partition coefficient (Wildman–Crippen LogP) is 2.60. The van der Waals surface area contributed by atoms with Crippen LogP contribution in [0.25, 0.3) is 6.08 Å². The van der Waals surface area contributed by atoms with Crippen LogP contribution >= 0.6 is 11.3 Å². The summed E-state index contributed by atoms with van der Waals surface area (Å²) < 4.78 is 0. The highest BCUT2D eigenvalue weighted by Gasteiger charge is 2.13. The first-order valence-electron chi connectivity index (χ1n) is 5.52. The highest BCUT2D eigenvalue weighted by Crippen LogP contribution is 2.13. The fraction of sp³-hybridized carbons (Fsp3) is 0. The Morgan fingerprint density at radius 3 is 2.42 bits per heavy atom. The molecule has 19 heavy (non-hydrogen) atoms. The van der Waals surface area contributed by atoms with Gasteiger partial charge in [0.05, 0.1) is 0 Å². The average molecular weight is 273 g/mol. The number of hydrogen-bond acceptors (Lipinski definition) is 3. The standard InChI is InChI=1S/C14H11NO3S/c16-13(10-5-2-1-3-6-10)15-12(14(17)18)9-11-7-4-8-19-11/h1-9H,(H,15,16)(H,17,18). The third-order valence-electron chi connectivity index (χ3n) is 2.34. The van der Waals surface area contributed by atoms with Crippen LogP contribution in [0.2, 0.25) is 0 Å². The van der Waals surface area contributed by atoms with Gasteiger partial charge in [-0.1, -0.05) is 24.3 Å². The molecule has 2 N–H and O–H groups in total. The van der Waals surface area contributed by atoms with Gasteiger partial charge in [0.2, 0.25) is 0 Å². The lowest BCUT2D eigenvalue weighted by atomic mass is 10.2. The van der Waals surface area contributed by atoms with Crippen molar-refractivity contribution in [3.63, 3.8) is 0 Å². The van der Waals surface area contributed by atoms with Crippen LogP contribution in [0.15, 0.2) is 53.5 Å². The largest absolute Gasteiger partial charge is 0.477 e. The Labute approximate surface area is 114 Å². The molecule has 0 saturated heterocycles. The zero-order valence-corrected chi connectivity index (χ0v) is 10.7. The van der Waals surface area contributed by atoms with Crippen LogP contribution in [0, 0.1) is 0 Å². The normalized spacial score (nSPS) is 11.1. The molecule has 4 nitrogen and oxygen atoms in total. The Kier molecular flexibility index (Phi) is 4.10. The molecule has 2 aromatic rings. The van der Waals surface area contributed by atoms with Gasteiger partial charge in [-0.25, -0.2) is 4.79 Å². The van der Waals surface area contributed by atoms with Gasteiger partial charge >= 0.3 is 5.97 Å². The number of benzene rings is 1. The molecule has 0 spiro atoms. The Morgan fingerprint density at radius 2 is 1.84 bits per heavy atom. The summed E-state index contributed by atoms with van der Waals surface area (Å²) in [6.45, 7) is 0. The fourth-order valence-electron chi connectivity index (χ4n) is 1.45. The lowest BCUT2D eigenvalue weighted by molar-refractivity contribution is -0.132. The second-order valence-corrected chi connectivity index (χ2v) is 4.68. The van der Waals surface area contributed by atoms with E-state index < -0.39 is 11.9 Å². The molecule has 96 valence electrons. The minimum atomic E-state index is -1.17. The van der Waals surface area contributed by atoms with E-state index in [1.165, 1.54) is 17.4 Å². The van der Waals surface area contributed by atoms with Crippen molar-refractivity contribution in [3.05, 3.63) is 64.0 Å². The van der Waals surface area contributed by atoms with Crippen LogP contribution in [-0.2, 0) is 4.79 Å². The molecule has 1 amide bonds. The summed E-state index contributed by atoms with van der Waals surface area (Å²) in [4.78, 5) is 23.8. The van der Waals surface area contributed by atoms with Crippen molar-refractivity contribution < 1.29 is 14.7 Å². The number of nitrogens with one attached hydrogen (secondary N) is 1. The maximum atomic E-state index is 11.9. The summed E-state index contributed by atoms with van der Waals surface area (Å²) in [6.07, 6.45) is 1.44.